The molecule has 0 atom stereocenters. The van der Waals surface area contributed by atoms with E-state index in [1.165, 1.54) is 0 Å². The normalized spacial score (nSPS) is 15.9. The molecular formula is C23H25Cl2N3O3. The van der Waals surface area contributed by atoms with Crippen LogP contribution in [0.1, 0.15) is 25.5 Å². The van der Waals surface area contributed by atoms with Crippen LogP contribution < -0.4 is 14.4 Å². The topological polar surface area (TPSA) is 67.7 Å². The second-order valence-electron chi connectivity index (χ2n) is 8.15. The van der Waals surface area contributed by atoms with Crippen LogP contribution in [-0.4, -0.2) is 48.0 Å². The number of hydrogen-bond acceptors (Lipinski definition) is 6. The molecule has 3 heterocycles. The summed E-state index contributed by atoms with van der Waals surface area (Å²) in [4.78, 5) is 11.7. The van der Waals surface area contributed by atoms with E-state index < -0.39 is 5.60 Å². The third kappa shape index (κ3) is 4.12. The van der Waals surface area contributed by atoms with Crippen molar-refractivity contribution in [1.82, 2.24) is 9.97 Å². The number of piperidine rings is 1. The summed E-state index contributed by atoms with van der Waals surface area (Å²) in [5, 5.41) is 13.1. The van der Waals surface area contributed by atoms with Gasteiger partial charge in [0.15, 0.2) is 0 Å². The smallest absolute Gasteiger partial charge is 0.141 e. The van der Waals surface area contributed by atoms with Gasteiger partial charge in [-0.25, -0.2) is 4.98 Å². The molecule has 1 saturated heterocycles. The average Bonchev–Trinajstić information content (AvgIpc) is 2.74. The van der Waals surface area contributed by atoms with E-state index in [9.17, 15) is 5.11 Å². The summed E-state index contributed by atoms with van der Waals surface area (Å²) in [7, 11) is 3.09. The molecule has 4 rings (SSSR count). The highest BCUT2D eigenvalue weighted by Crippen LogP contribution is 2.46. The van der Waals surface area contributed by atoms with Crippen LogP contribution in [0.25, 0.3) is 22.0 Å². The Bertz CT molecular complexity index is 1110. The molecule has 0 unspecified atom stereocenters. The molecule has 0 saturated carbocycles. The molecular weight excluding hydrogens is 437 g/mol. The number of aryl methyl sites for hydroxylation is 1. The van der Waals surface area contributed by atoms with Gasteiger partial charge in [0.05, 0.1) is 35.6 Å². The van der Waals surface area contributed by atoms with Gasteiger partial charge in [-0.2, -0.15) is 0 Å². The number of pyridine rings is 2. The fraction of sp³-hybridized carbons (Fsp3) is 0.391. The molecule has 1 aromatic carbocycles. The summed E-state index contributed by atoms with van der Waals surface area (Å²) in [5.74, 6) is 1.73. The maximum absolute atomic E-state index is 10.4. The minimum atomic E-state index is -0.659. The highest BCUT2D eigenvalue weighted by Gasteiger charge is 2.29. The highest BCUT2D eigenvalue weighted by molar-refractivity contribution is 6.41. The van der Waals surface area contributed by atoms with Crippen LogP contribution in [0.5, 0.6) is 11.5 Å². The van der Waals surface area contributed by atoms with Gasteiger partial charge in [0.25, 0.3) is 0 Å². The molecule has 3 aromatic rings. The zero-order valence-electron chi connectivity index (χ0n) is 18.0. The van der Waals surface area contributed by atoms with Crippen LogP contribution >= 0.6 is 23.2 Å². The third-order valence-electron chi connectivity index (χ3n) is 5.80. The van der Waals surface area contributed by atoms with Crippen molar-refractivity contribution in [3.05, 3.63) is 40.1 Å². The largest absolute Gasteiger partial charge is 0.495 e. The Morgan fingerprint density at radius 1 is 1.03 bits per heavy atom. The monoisotopic (exact) mass is 461 g/mol. The summed E-state index contributed by atoms with van der Waals surface area (Å²) in [6, 6.07) is 5.62. The molecule has 0 bridgehead atoms. The zero-order valence-corrected chi connectivity index (χ0v) is 19.5. The number of hydrogen-bond donors (Lipinski definition) is 1. The number of aliphatic hydroxyl groups is 1. The van der Waals surface area contributed by atoms with E-state index in [-0.39, 0.29) is 0 Å². The number of anilines is 1. The molecule has 8 heteroatoms. The summed E-state index contributed by atoms with van der Waals surface area (Å²) in [6.07, 6.45) is 3.16. The molecule has 1 aliphatic heterocycles. The maximum atomic E-state index is 10.4. The van der Waals surface area contributed by atoms with E-state index in [1.54, 1.807) is 20.3 Å². The Labute approximate surface area is 191 Å². The first-order valence-electron chi connectivity index (χ1n) is 10.1. The number of benzene rings is 1. The van der Waals surface area contributed by atoms with Gasteiger partial charge in [-0.3, -0.25) is 4.98 Å². The van der Waals surface area contributed by atoms with Crippen LogP contribution in [0, 0.1) is 6.92 Å². The summed E-state index contributed by atoms with van der Waals surface area (Å²) >= 11 is 13.3. The van der Waals surface area contributed by atoms with Crippen LogP contribution in [0.4, 0.5) is 5.82 Å². The summed E-state index contributed by atoms with van der Waals surface area (Å²) < 4.78 is 10.9. The Balaban J connectivity index is 1.94. The molecule has 2 aromatic heterocycles. The number of nitrogens with zero attached hydrogens (tertiary/aromatic N) is 3. The maximum Gasteiger partial charge on any atom is 0.141 e. The third-order valence-corrected chi connectivity index (χ3v) is 6.55. The van der Waals surface area contributed by atoms with Crippen LogP contribution in [0.3, 0.4) is 0 Å². The predicted octanol–water partition coefficient (Wildman–Crippen LogP) is 5.28. The summed E-state index contributed by atoms with van der Waals surface area (Å²) in [6.45, 7) is 5.23. The molecule has 31 heavy (non-hydrogen) atoms. The quantitative estimate of drug-likeness (QED) is 0.569. The van der Waals surface area contributed by atoms with Crippen molar-refractivity contribution in [1.29, 1.82) is 0 Å². The molecule has 0 aliphatic carbocycles. The Morgan fingerprint density at radius 3 is 2.23 bits per heavy atom. The lowest BCUT2D eigenvalue weighted by atomic mass is 9.93. The first kappa shape index (κ1) is 21.9. The van der Waals surface area contributed by atoms with E-state index in [0.29, 0.717) is 58.7 Å². The summed E-state index contributed by atoms with van der Waals surface area (Å²) in [5.41, 5.74) is 1.41. The molecule has 164 valence electrons. The number of methoxy groups -OCH3 is 2. The van der Waals surface area contributed by atoms with Crippen molar-refractivity contribution in [2.75, 3.05) is 32.2 Å². The fourth-order valence-electron chi connectivity index (χ4n) is 3.91. The van der Waals surface area contributed by atoms with Crippen molar-refractivity contribution in [3.63, 3.8) is 0 Å². The molecule has 0 spiro atoms. The van der Waals surface area contributed by atoms with Crippen molar-refractivity contribution in [2.24, 2.45) is 0 Å². The lowest BCUT2D eigenvalue weighted by Crippen LogP contribution is -2.42. The van der Waals surface area contributed by atoms with Crippen LogP contribution in [0.15, 0.2) is 24.4 Å². The van der Waals surface area contributed by atoms with Gasteiger partial charge in [0.1, 0.15) is 17.3 Å². The number of fused-ring (bicyclic) bond motifs is 1. The molecule has 0 amide bonds. The lowest BCUT2D eigenvalue weighted by molar-refractivity contribution is 0.0350. The fourth-order valence-corrected chi connectivity index (χ4v) is 4.61. The van der Waals surface area contributed by atoms with Gasteiger partial charge in [-0.1, -0.05) is 23.2 Å². The first-order chi connectivity index (χ1) is 14.7. The van der Waals surface area contributed by atoms with Crippen LogP contribution in [-0.2, 0) is 0 Å². The van der Waals surface area contributed by atoms with Crippen molar-refractivity contribution in [3.8, 4) is 22.8 Å². The number of aromatic nitrogens is 2. The van der Waals surface area contributed by atoms with E-state index in [2.05, 4.69) is 9.88 Å². The lowest BCUT2D eigenvalue weighted by Gasteiger charge is -2.37. The van der Waals surface area contributed by atoms with Gasteiger partial charge in [0, 0.05) is 47.4 Å². The van der Waals surface area contributed by atoms with E-state index in [1.807, 2.05) is 32.2 Å². The van der Waals surface area contributed by atoms with Gasteiger partial charge in [-0.15, -0.1) is 0 Å². The SMILES string of the molecule is COc1cc(OC)c(Cl)c(-c2cc3cnc(C)cc3c(N3CCC(C)(O)CC3)n2)c1Cl. The minimum Gasteiger partial charge on any atom is -0.495 e. The number of halogens is 2. The Kier molecular flexibility index (Phi) is 5.90. The van der Waals surface area contributed by atoms with Gasteiger partial charge in [0.2, 0.25) is 0 Å². The van der Waals surface area contributed by atoms with E-state index >= 15 is 0 Å². The second kappa shape index (κ2) is 8.34. The predicted molar refractivity (Wildman–Crippen MR) is 125 cm³/mol. The van der Waals surface area contributed by atoms with Crippen LogP contribution in [0.2, 0.25) is 10.0 Å². The molecule has 1 N–H and O–H groups in total. The first-order valence-corrected chi connectivity index (χ1v) is 10.8. The second-order valence-corrected chi connectivity index (χ2v) is 8.90. The van der Waals surface area contributed by atoms with Crippen molar-refractivity contribution < 1.29 is 14.6 Å². The molecule has 0 radical (unpaired) electrons. The zero-order chi connectivity index (χ0) is 22.3. The van der Waals surface area contributed by atoms with E-state index in [4.69, 9.17) is 37.7 Å². The molecule has 1 fully saturated rings. The number of ether oxygens (including phenoxy) is 2. The highest BCUT2D eigenvalue weighted by atomic mass is 35.5. The Morgan fingerprint density at radius 2 is 1.65 bits per heavy atom. The van der Waals surface area contributed by atoms with Gasteiger partial charge >= 0.3 is 0 Å². The van der Waals surface area contributed by atoms with E-state index in [0.717, 1.165) is 22.3 Å². The van der Waals surface area contributed by atoms with Crippen molar-refractivity contribution in [2.45, 2.75) is 32.3 Å². The molecule has 1 aliphatic rings. The average molecular weight is 462 g/mol. The van der Waals surface area contributed by atoms with Gasteiger partial charge < -0.3 is 19.5 Å². The standard InChI is InChI=1S/C23H25Cl2N3O3/c1-13-9-15-14(12-26-13)10-16(27-22(15)28-7-5-23(2,29)6-8-28)19-20(24)17(30-3)11-18(31-4)21(19)25/h9-12,29H,5-8H2,1-4H3. The minimum absolute atomic E-state index is 0.368. The molecule has 6 nitrogen and oxygen atoms in total. The Hall–Kier alpha value is -2.28. The van der Waals surface area contributed by atoms with Crippen molar-refractivity contribution >= 4 is 39.8 Å². The van der Waals surface area contributed by atoms with Gasteiger partial charge in [-0.05, 0) is 38.8 Å². The number of rotatable bonds is 4.